The molecular formula is C16H24ClNO. The molecule has 0 spiro atoms. The monoisotopic (exact) mass is 281 g/mol. The Labute approximate surface area is 121 Å². The lowest BCUT2D eigenvalue weighted by Crippen LogP contribution is -2.33. The fourth-order valence-electron chi connectivity index (χ4n) is 3.00. The maximum atomic E-state index is 6.02. The van der Waals surface area contributed by atoms with Crippen LogP contribution in [0.2, 0.25) is 5.02 Å². The molecule has 3 heteroatoms. The van der Waals surface area contributed by atoms with Gasteiger partial charge in [0, 0.05) is 11.6 Å². The van der Waals surface area contributed by atoms with E-state index in [4.69, 9.17) is 16.3 Å². The molecule has 0 aromatic heterocycles. The Morgan fingerprint density at radius 1 is 1.26 bits per heavy atom. The highest BCUT2D eigenvalue weighted by Gasteiger charge is 2.28. The van der Waals surface area contributed by atoms with Crippen LogP contribution < -0.4 is 5.32 Å². The number of nitrogens with one attached hydrogen (secondary N) is 1. The van der Waals surface area contributed by atoms with E-state index in [1.165, 1.54) is 18.4 Å². The quantitative estimate of drug-likeness (QED) is 0.879. The molecule has 1 aromatic carbocycles. The molecule has 2 rings (SSSR count). The lowest BCUT2D eigenvalue weighted by Gasteiger charge is -2.34. The minimum absolute atomic E-state index is 0.186. The molecule has 1 aliphatic rings. The maximum Gasteiger partial charge on any atom is 0.0852 e. The standard InChI is InChI=1S/C16H24ClNO/c1-3-19-16(14-4-6-15(17)7-5-14)12(2)13-8-10-18-11-9-13/h4-7,12-13,16,18H,3,8-11H2,1-2H3. The Bertz CT molecular complexity index is 373. The summed E-state index contributed by atoms with van der Waals surface area (Å²) in [6.07, 6.45) is 2.68. The number of hydrogen-bond donors (Lipinski definition) is 1. The molecule has 0 aliphatic carbocycles. The highest BCUT2D eigenvalue weighted by molar-refractivity contribution is 6.30. The molecule has 0 saturated carbocycles. The third-order valence-corrected chi connectivity index (χ3v) is 4.40. The maximum absolute atomic E-state index is 6.02. The van der Waals surface area contributed by atoms with Gasteiger partial charge in [0.1, 0.15) is 0 Å². The summed E-state index contributed by atoms with van der Waals surface area (Å²) in [7, 11) is 0. The Morgan fingerprint density at radius 3 is 2.47 bits per heavy atom. The van der Waals surface area contributed by atoms with Crippen molar-refractivity contribution < 1.29 is 4.74 Å². The molecule has 1 heterocycles. The molecule has 2 unspecified atom stereocenters. The van der Waals surface area contributed by atoms with Crippen molar-refractivity contribution in [1.82, 2.24) is 5.32 Å². The van der Waals surface area contributed by atoms with Crippen LogP contribution in [0.25, 0.3) is 0 Å². The van der Waals surface area contributed by atoms with Crippen molar-refractivity contribution in [3.8, 4) is 0 Å². The van der Waals surface area contributed by atoms with Crippen LogP contribution in [0.3, 0.4) is 0 Å². The van der Waals surface area contributed by atoms with Crippen molar-refractivity contribution in [3.63, 3.8) is 0 Å². The van der Waals surface area contributed by atoms with E-state index in [-0.39, 0.29) is 6.10 Å². The zero-order chi connectivity index (χ0) is 13.7. The van der Waals surface area contributed by atoms with Gasteiger partial charge in [-0.15, -0.1) is 0 Å². The molecule has 1 aromatic rings. The molecule has 0 amide bonds. The average molecular weight is 282 g/mol. The second-order valence-electron chi connectivity index (χ2n) is 5.37. The van der Waals surface area contributed by atoms with Crippen molar-refractivity contribution in [1.29, 1.82) is 0 Å². The van der Waals surface area contributed by atoms with Crippen molar-refractivity contribution >= 4 is 11.6 Å². The summed E-state index contributed by atoms with van der Waals surface area (Å²) in [5.41, 5.74) is 1.25. The Kier molecular flexibility index (Phi) is 5.68. The van der Waals surface area contributed by atoms with E-state index in [9.17, 15) is 0 Å². The van der Waals surface area contributed by atoms with E-state index < -0.39 is 0 Å². The van der Waals surface area contributed by atoms with Crippen molar-refractivity contribution in [2.45, 2.75) is 32.8 Å². The zero-order valence-electron chi connectivity index (χ0n) is 11.9. The first-order valence-corrected chi connectivity index (χ1v) is 7.68. The lowest BCUT2D eigenvalue weighted by molar-refractivity contribution is -0.00142. The molecule has 19 heavy (non-hydrogen) atoms. The van der Waals surface area contributed by atoms with Gasteiger partial charge in [0.2, 0.25) is 0 Å². The van der Waals surface area contributed by atoms with Crippen molar-refractivity contribution in [2.24, 2.45) is 11.8 Å². The third kappa shape index (κ3) is 3.95. The van der Waals surface area contributed by atoms with E-state index in [1.54, 1.807) is 0 Å². The third-order valence-electron chi connectivity index (χ3n) is 4.15. The van der Waals surface area contributed by atoms with Crippen LogP contribution >= 0.6 is 11.6 Å². The largest absolute Gasteiger partial charge is 0.374 e. The van der Waals surface area contributed by atoms with Gasteiger partial charge in [-0.25, -0.2) is 0 Å². The van der Waals surface area contributed by atoms with E-state index in [1.807, 2.05) is 12.1 Å². The Morgan fingerprint density at radius 2 is 1.89 bits per heavy atom. The van der Waals surface area contributed by atoms with Crippen LogP contribution in [0.15, 0.2) is 24.3 Å². The van der Waals surface area contributed by atoms with Crippen LogP contribution in [0.1, 0.15) is 38.4 Å². The van der Waals surface area contributed by atoms with Crippen LogP contribution in [-0.4, -0.2) is 19.7 Å². The Balaban J connectivity index is 2.11. The van der Waals surface area contributed by atoms with E-state index in [0.717, 1.165) is 30.6 Å². The molecule has 106 valence electrons. The fraction of sp³-hybridized carbons (Fsp3) is 0.625. The van der Waals surface area contributed by atoms with E-state index in [0.29, 0.717) is 5.92 Å². The number of ether oxygens (including phenoxy) is 1. The van der Waals surface area contributed by atoms with Gasteiger partial charge in [-0.05, 0) is 62.4 Å². The predicted molar refractivity (Wildman–Crippen MR) is 80.6 cm³/mol. The minimum Gasteiger partial charge on any atom is -0.374 e. The van der Waals surface area contributed by atoms with Crippen molar-refractivity contribution in [2.75, 3.05) is 19.7 Å². The SMILES string of the molecule is CCOC(c1ccc(Cl)cc1)C(C)C1CCNCC1. The number of rotatable bonds is 5. The molecule has 1 aliphatic heterocycles. The molecule has 1 N–H and O–H groups in total. The molecule has 1 fully saturated rings. The minimum atomic E-state index is 0.186. The van der Waals surface area contributed by atoms with Gasteiger partial charge in [-0.2, -0.15) is 0 Å². The Hall–Kier alpha value is -0.570. The summed E-state index contributed by atoms with van der Waals surface area (Å²) < 4.78 is 6.02. The first-order valence-electron chi connectivity index (χ1n) is 7.30. The molecule has 1 saturated heterocycles. The number of piperidine rings is 1. The molecule has 0 radical (unpaired) electrons. The number of benzene rings is 1. The second-order valence-corrected chi connectivity index (χ2v) is 5.81. The topological polar surface area (TPSA) is 21.3 Å². The smallest absolute Gasteiger partial charge is 0.0852 e. The zero-order valence-corrected chi connectivity index (χ0v) is 12.6. The average Bonchev–Trinajstić information content (AvgIpc) is 2.46. The van der Waals surface area contributed by atoms with Crippen LogP contribution in [0, 0.1) is 11.8 Å². The highest BCUT2D eigenvalue weighted by Crippen LogP contribution is 2.35. The summed E-state index contributed by atoms with van der Waals surface area (Å²) in [6.45, 7) is 7.41. The summed E-state index contributed by atoms with van der Waals surface area (Å²) in [5.74, 6) is 1.29. The van der Waals surface area contributed by atoms with Gasteiger partial charge in [-0.3, -0.25) is 0 Å². The van der Waals surface area contributed by atoms with Gasteiger partial charge in [0.05, 0.1) is 6.10 Å². The molecule has 0 bridgehead atoms. The molecular weight excluding hydrogens is 258 g/mol. The van der Waals surface area contributed by atoms with E-state index >= 15 is 0 Å². The summed E-state index contributed by atoms with van der Waals surface area (Å²) in [5, 5.41) is 4.22. The number of halogens is 1. The fourth-order valence-corrected chi connectivity index (χ4v) is 3.13. The summed E-state index contributed by atoms with van der Waals surface area (Å²) in [4.78, 5) is 0. The number of hydrogen-bond acceptors (Lipinski definition) is 2. The first-order chi connectivity index (χ1) is 9.22. The van der Waals surface area contributed by atoms with Crippen LogP contribution in [0.4, 0.5) is 0 Å². The van der Waals surface area contributed by atoms with Crippen molar-refractivity contribution in [3.05, 3.63) is 34.9 Å². The summed E-state index contributed by atoms with van der Waals surface area (Å²) in [6, 6.07) is 8.11. The van der Waals surface area contributed by atoms with Gasteiger partial charge >= 0.3 is 0 Å². The van der Waals surface area contributed by atoms with E-state index in [2.05, 4.69) is 31.3 Å². The van der Waals surface area contributed by atoms with Gasteiger partial charge in [0.25, 0.3) is 0 Å². The lowest BCUT2D eigenvalue weighted by atomic mass is 9.80. The summed E-state index contributed by atoms with van der Waals surface area (Å²) >= 11 is 5.97. The van der Waals surface area contributed by atoms with Gasteiger partial charge in [0.15, 0.2) is 0 Å². The second kappa shape index (κ2) is 7.28. The van der Waals surface area contributed by atoms with Crippen LogP contribution in [0.5, 0.6) is 0 Å². The highest BCUT2D eigenvalue weighted by atomic mass is 35.5. The first kappa shape index (κ1) is 14.8. The van der Waals surface area contributed by atoms with Gasteiger partial charge < -0.3 is 10.1 Å². The molecule has 2 nitrogen and oxygen atoms in total. The molecule has 2 atom stereocenters. The normalized spacial score (nSPS) is 20.2. The predicted octanol–water partition coefficient (Wildman–Crippen LogP) is 4.05. The van der Waals surface area contributed by atoms with Crippen LogP contribution in [-0.2, 0) is 4.74 Å². The van der Waals surface area contributed by atoms with Gasteiger partial charge in [-0.1, -0.05) is 30.7 Å².